The summed E-state index contributed by atoms with van der Waals surface area (Å²) in [4.78, 5) is 0. The maximum absolute atomic E-state index is 12.4. The van der Waals surface area contributed by atoms with Gasteiger partial charge in [0.2, 0.25) is 0 Å². The highest BCUT2D eigenvalue weighted by molar-refractivity contribution is 5.09. The predicted octanol–water partition coefficient (Wildman–Crippen LogP) is 2.07. The first-order chi connectivity index (χ1) is 7.48. The van der Waals surface area contributed by atoms with E-state index in [1.54, 1.807) is 0 Å². The smallest absolute Gasteiger partial charge is 0.316 e. The Morgan fingerprint density at radius 2 is 2.25 bits per heavy atom. The fourth-order valence-electron chi connectivity index (χ4n) is 2.06. The fourth-order valence-corrected chi connectivity index (χ4v) is 2.06. The molecule has 0 aliphatic carbocycles. The molecule has 0 saturated carbocycles. The van der Waals surface area contributed by atoms with Crippen LogP contribution in [0.4, 0.5) is 13.2 Å². The lowest BCUT2D eigenvalue weighted by Gasteiger charge is -2.29. The van der Waals surface area contributed by atoms with Crippen LogP contribution in [0.15, 0.2) is 12.4 Å². The average molecular weight is 233 g/mol. The zero-order valence-corrected chi connectivity index (χ0v) is 8.96. The molecule has 1 fully saturated rings. The average Bonchev–Trinajstić information content (AvgIpc) is 2.66. The Labute approximate surface area is 91.6 Å². The van der Waals surface area contributed by atoms with E-state index in [1.165, 1.54) is 4.68 Å². The number of alkyl halides is 3. The van der Waals surface area contributed by atoms with E-state index in [0.29, 0.717) is 5.92 Å². The summed E-state index contributed by atoms with van der Waals surface area (Å²) in [5, 5.41) is 7.03. The molecule has 0 aromatic carbocycles. The van der Waals surface area contributed by atoms with Crippen LogP contribution in [0.25, 0.3) is 0 Å². The molecule has 2 heterocycles. The molecule has 3 nitrogen and oxygen atoms in total. The molecule has 16 heavy (non-hydrogen) atoms. The SMILES string of the molecule is CC1CNCCC1n1cc(C(F)(F)F)cn1. The molecule has 1 aliphatic heterocycles. The second kappa shape index (κ2) is 4.08. The van der Waals surface area contributed by atoms with Crippen molar-refractivity contribution in [3.63, 3.8) is 0 Å². The zero-order chi connectivity index (χ0) is 11.8. The molecule has 0 spiro atoms. The number of nitrogens with one attached hydrogen (secondary N) is 1. The van der Waals surface area contributed by atoms with Gasteiger partial charge in [-0.15, -0.1) is 0 Å². The standard InChI is InChI=1S/C10H14F3N3/c1-7-4-14-3-2-9(7)16-6-8(5-15-16)10(11,12)13/h5-7,9,14H,2-4H2,1H3. The Balaban J connectivity index is 2.18. The van der Waals surface area contributed by atoms with Crippen molar-refractivity contribution in [2.24, 2.45) is 5.92 Å². The minimum atomic E-state index is -4.30. The number of rotatable bonds is 1. The van der Waals surface area contributed by atoms with Gasteiger partial charge in [-0.3, -0.25) is 4.68 Å². The third kappa shape index (κ3) is 2.21. The van der Waals surface area contributed by atoms with Crippen LogP contribution < -0.4 is 5.32 Å². The van der Waals surface area contributed by atoms with Gasteiger partial charge < -0.3 is 5.32 Å². The summed E-state index contributed by atoms with van der Waals surface area (Å²) in [6.45, 7) is 3.67. The van der Waals surface area contributed by atoms with Crippen molar-refractivity contribution in [2.75, 3.05) is 13.1 Å². The van der Waals surface area contributed by atoms with Crippen molar-refractivity contribution < 1.29 is 13.2 Å². The lowest BCUT2D eigenvalue weighted by Crippen LogP contribution is -2.36. The molecular formula is C10H14F3N3. The van der Waals surface area contributed by atoms with Crippen LogP contribution >= 0.6 is 0 Å². The van der Waals surface area contributed by atoms with E-state index < -0.39 is 11.7 Å². The second-order valence-electron chi connectivity index (χ2n) is 4.24. The number of hydrogen-bond acceptors (Lipinski definition) is 2. The Kier molecular flexibility index (Phi) is 2.92. The van der Waals surface area contributed by atoms with Crippen molar-refractivity contribution in [1.82, 2.24) is 15.1 Å². The molecule has 90 valence electrons. The maximum atomic E-state index is 12.4. The summed E-state index contributed by atoms with van der Waals surface area (Å²) in [7, 11) is 0. The van der Waals surface area contributed by atoms with E-state index in [9.17, 15) is 13.2 Å². The highest BCUT2D eigenvalue weighted by Crippen LogP contribution is 2.31. The Hall–Kier alpha value is -1.04. The van der Waals surface area contributed by atoms with Gasteiger partial charge in [0, 0.05) is 6.20 Å². The topological polar surface area (TPSA) is 29.9 Å². The first kappa shape index (κ1) is 11.4. The fraction of sp³-hybridized carbons (Fsp3) is 0.700. The summed E-state index contributed by atoms with van der Waals surface area (Å²) in [6, 6.07) is 0.0670. The first-order valence-corrected chi connectivity index (χ1v) is 5.30. The van der Waals surface area contributed by atoms with Crippen molar-refractivity contribution in [3.05, 3.63) is 18.0 Å². The highest BCUT2D eigenvalue weighted by Gasteiger charge is 2.33. The normalized spacial score (nSPS) is 27.0. The molecule has 0 bridgehead atoms. The van der Waals surface area contributed by atoms with Gasteiger partial charge in [-0.1, -0.05) is 6.92 Å². The Morgan fingerprint density at radius 1 is 1.50 bits per heavy atom. The van der Waals surface area contributed by atoms with Crippen LogP contribution in [-0.2, 0) is 6.18 Å². The minimum absolute atomic E-state index is 0.0670. The van der Waals surface area contributed by atoms with E-state index in [0.717, 1.165) is 31.9 Å². The van der Waals surface area contributed by atoms with Crippen molar-refractivity contribution >= 4 is 0 Å². The highest BCUT2D eigenvalue weighted by atomic mass is 19.4. The largest absolute Gasteiger partial charge is 0.419 e. The maximum Gasteiger partial charge on any atom is 0.419 e. The Bertz CT molecular complexity index is 358. The summed E-state index contributed by atoms with van der Waals surface area (Å²) in [6.07, 6.45) is -1.48. The van der Waals surface area contributed by atoms with E-state index >= 15 is 0 Å². The van der Waals surface area contributed by atoms with Crippen molar-refractivity contribution in [2.45, 2.75) is 25.6 Å². The van der Waals surface area contributed by atoms with E-state index in [1.807, 2.05) is 6.92 Å². The van der Waals surface area contributed by atoms with Gasteiger partial charge in [-0.25, -0.2) is 0 Å². The van der Waals surface area contributed by atoms with Crippen LogP contribution in [0, 0.1) is 5.92 Å². The molecular weight excluding hydrogens is 219 g/mol. The lowest BCUT2D eigenvalue weighted by molar-refractivity contribution is -0.137. The minimum Gasteiger partial charge on any atom is -0.316 e. The second-order valence-corrected chi connectivity index (χ2v) is 4.24. The van der Waals surface area contributed by atoms with Gasteiger partial charge in [-0.2, -0.15) is 18.3 Å². The van der Waals surface area contributed by atoms with Crippen LogP contribution in [0.2, 0.25) is 0 Å². The van der Waals surface area contributed by atoms with Gasteiger partial charge in [0.25, 0.3) is 0 Å². The molecule has 0 amide bonds. The van der Waals surface area contributed by atoms with Crippen LogP contribution in [0.3, 0.4) is 0 Å². The summed E-state index contributed by atoms with van der Waals surface area (Å²) < 4.78 is 38.7. The molecule has 1 aliphatic rings. The number of aromatic nitrogens is 2. The van der Waals surface area contributed by atoms with Crippen molar-refractivity contribution in [3.8, 4) is 0 Å². The van der Waals surface area contributed by atoms with Crippen LogP contribution in [0.5, 0.6) is 0 Å². The number of hydrogen-bond donors (Lipinski definition) is 1. The van der Waals surface area contributed by atoms with Gasteiger partial charge in [-0.05, 0) is 25.4 Å². The van der Waals surface area contributed by atoms with E-state index in [2.05, 4.69) is 10.4 Å². The third-order valence-electron chi connectivity index (χ3n) is 3.01. The molecule has 1 saturated heterocycles. The van der Waals surface area contributed by atoms with Crippen LogP contribution in [-0.4, -0.2) is 22.9 Å². The molecule has 1 aromatic rings. The number of piperidine rings is 1. The Morgan fingerprint density at radius 3 is 2.81 bits per heavy atom. The van der Waals surface area contributed by atoms with Gasteiger partial charge in [0.15, 0.2) is 0 Å². The quantitative estimate of drug-likeness (QED) is 0.804. The van der Waals surface area contributed by atoms with Gasteiger partial charge in [0.05, 0.1) is 17.8 Å². The first-order valence-electron chi connectivity index (χ1n) is 5.30. The predicted molar refractivity (Wildman–Crippen MR) is 52.9 cm³/mol. The van der Waals surface area contributed by atoms with E-state index in [4.69, 9.17) is 0 Å². The van der Waals surface area contributed by atoms with E-state index in [-0.39, 0.29) is 6.04 Å². The zero-order valence-electron chi connectivity index (χ0n) is 8.96. The summed E-state index contributed by atoms with van der Waals surface area (Å²) >= 11 is 0. The summed E-state index contributed by atoms with van der Waals surface area (Å²) in [5.74, 6) is 0.301. The van der Waals surface area contributed by atoms with Gasteiger partial charge >= 0.3 is 6.18 Å². The molecule has 2 rings (SSSR count). The molecule has 2 atom stereocenters. The number of nitrogens with zero attached hydrogens (tertiary/aromatic N) is 2. The third-order valence-corrected chi connectivity index (χ3v) is 3.01. The molecule has 1 aromatic heterocycles. The van der Waals surface area contributed by atoms with Gasteiger partial charge in [0.1, 0.15) is 0 Å². The lowest BCUT2D eigenvalue weighted by atomic mass is 9.95. The molecule has 2 unspecified atom stereocenters. The number of halogens is 3. The monoisotopic (exact) mass is 233 g/mol. The molecule has 0 radical (unpaired) electrons. The van der Waals surface area contributed by atoms with Crippen molar-refractivity contribution in [1.29, 1.82) is 0 Å². The molecule has 1 N–H and O–H groups in total. The molecule has 6 heteroatoms. The summed E-state index contributed by atoms with van der Waals surface area (Å²) in [5.41, 5.74) is -0.668. The van der Waals surface area contributed by atoms with Crippen LogP contribution in [0.1, 0.15) is 24.9 Å².